The minimum atomic E-state index is -4.62. The summed E-state index contributed by atoms with van der Waals surface area (Å²) in [7, 11) is 0. The van der Waals surface area contributed by atoms with Gasteiger partial charge in [-0.1, -0.05) is 23.2 Å². The van der Waals surface area contributed by atoms with E-state index in [0.717, 1.165) is 19.1 Å². The van der Waals surface area contributed by atoms with Crippen LogP contribution in [0.2, 0.25) is 10.0 Å². The SMILES string of the molecule is CC(=O)c1c(C(F)(F)F)ccc(Cl)c1Cl. The summed E-state index contributed by atoms with van der Waals surface area (Å²) < 4.78 is 37.4. The molecular weight excluding hydrogens is 252 g/mol. The zero-order valence-electron chi connectivity index (χ0n) is 7.45. The average molecular weight is 257 g/mol. The Kier molecular flexibility index (Phi) is 3.31. The third-order valence-corrected chi connectivity index (χ3v) is 2.56. The highest BCUT2D eigenvalue weighted by atomic mass is 35.5. The van der Waals surface area contributed by atoms with E-state index in [0.29, 0.717) is 0 Å². The van der Waals surface area contributed by atoms with E-state index in [4.69, 9.17) is 23.2 Å². The standard InChI is InChI=1S/C9H5Cl2F3O/c1-4(15)7-5(9(12,13)14)2-3-6(10)8(7)11/h2-3H,1H3. The molecule has 0 aliphatic rings. The van der Waals surface area contributed by atoms with Crippen LogP contribution in [0.4, 0.5) is 13.2 Å². The van der Waals surface area contributed by atoms with Gasteiger partial charge in [0.15, 0.2) is 5.78 Å². The van der Waals surface area contributed by atoms with E-state index in [9.17, 15) is 18.0 Å². The number of halogens is 5. The Labute approximate surface area is 93.8 Å². The Balaban J connectivity index is 3.55. The van der Waals surface area contributed by atoms with Crippen molar-refractivity contribution in [2.24, 2.45) is 0 Å². The molecule has 1 aromatic rings. The van der Waals surface area contributed by atoms with E-state index >= 15 is 0 Å². The maximum Gasteiger partial charge on any atom is 0.417 e. The van der Waals surface area contributed by atoms with Crippen molar-refractivity contribution in [3.05, 3.63) is 33.3 Å². The molecule has 82 valence electrons. The molecule has 1 aromatic carbocycles. The Hall–Kier alpha value is -0.740. The third kappa shape index (κ3) is 2.44. The lowest BCUT2D eigenvalue weighted by molar-refractivity contribution is -0.137. The van der Waals surface area contributed by atoms with Gasteiger partial charge in [0.2, 0.25) is 0 Å². The fourth-order valence-corrected chi connectivity index (χ4v) is 1.59. The quantitative estimate of drug-likeness (QED) is 0.688. The maximum absolute atomic E-state index is 12.5. The number of hydrogen-bond acceptors (Lipinski definition) is 1. The monoisotopic (exact) mass is 256 g/mol. The van der Waals surface area contributed by atoms with Gasteiger partial charge < -0.3 is 0 Å². The molecule has 0 amide bonds. The fraction of sp³-hybridized carbons (Fsp3) is 0.222. The van der Waals surface area contributed by atoms with Gasteiger partial charge in [-0.15, -0.1) is 0 Å². The van der Waals surface area contributed by atoms with Crippen molar-refractivity contribution in [2.45, 2.75) is 13.1 Å². The van der Waals surface area contributed by atoms with Crippen LogP contribution in [0, 0.1) is 0 Å². The van der Waals surface area contributed by atoms with Gasteiger partial charge in [-0.25, -0.2) is 0 Å². The van der Waals surface area contributed by atoms with Crippen LogP contribution in [0.15, 0.2) is 12.1 Å². The largest absolute Gasteiger partial charge is 0.417 e. The van der Waals surface area contributed by atoms with Gasteiger partial charge in [-0.2, -0.15) is 13.2 Å². The van der Waals surface area contributed by atoms with E-state index in [1.54, 1.807) is 0 Å². The molecule has 0 aliphatic carbocycles. The molecule has 1 rings (SSSR count). The summed E-state index contributed by atoms with van der Waals surface area (Å²) in [5.41, 5.74) is -1.65. The number of benzene rings is 1. The van der Waals surface area contributed by atoms with Crippen molar-refractivity contribution in [1.82, 2.24) is 0 Å². The lowest BCUT2D eigenvalue weighted by Crippen LogP contribution is -2.12. The van der Waals surface area contributed by atoms with E-state index in [-0.39, 0.29) is 10.0 Å². The predicted molar refractivity (Wildman–Crippen MR) is 51.5 cm³/mol. The number of ketones is 1. The first-order chi connectivity index (χ1) is 6.75. The van der Waals surface area contributed by atoms with Crippen LogP contribution in [-0.2, 0) is 6.18 Å². The first kappa shape index (κ1) is 12.3. The maximum atomic E-state index is 12.5. The van der Waals surface area contributed by atoms with Gasteiger partial charge in [-0.05, 0) is 19.1 Å². The molecule has 0 saturated carbocycles. The molecular formula is C9H5Cl2F3O. The molecule has 0 bridgehead atoms. The molecule has 0 N–H and O–H groups in total. The molecule has 0 fully saturated rings. The summed E-state index contributed by atoms with van der Waals surface area (Å²) in [5, 5.41) is -0.436. The smallest absolute Gasteiger partial charge is 0.294 e. The highest BCUT2D eigenvalue weighted by molar-refractivity contribution is 6.44. The minimum Gasteiger partial charge on any atom is -0.294 e. The number of hydrogen-bond donors (Lipinski definition) is 0. The van der Waals surface area contributed by atoms with Crippen molar-refractivity contribution in [3.8, 4) is 0 Å². The van der Waals surface area contributed by atoms with Crippen LogP contribution in [0.3, 0.4) is 0 Å². The topological polar surface area (TPSA) is 17.1 Å². The zero-order chi connectivity index (χ0) is 11.8. The van der Waals surface area contributed by atoms with Crippen LogP contribution in [0.25, 0.3) is 0 Å². The highest BCUT2D eigenvalue weighted by Crippen LogP contribution is 2.38. The van der Waals surface area contributed by atoms with E-state index in [2.05, 4.69) is 0 Å². The molecule has 15 heavy (non-hydrogen) atoms. The molecule has 0 heterocycles. The third-order valence-electron chi connectivity index (χ3n) is 1.75. The molecule has 0 aliphatic heterocycles. The first-order valence-corrected chi connectivity index (χ1v) is 4.57. The predicted octanol–water partition coefficient (Wildman–Crippen LogP) is 4.21. The molecule has 0 radical (unpaired) electrons. The van der Waals surface area contributed by atoms with Crippen LogP contribution < -0.4 is 0 Å². The molecule has 0 spiro atoms. The summed E-state index contributed by atoms with van der Waals surface area (Å²) in [5.74, 6) is -0.769. The van der Waals surface area contributed by atoms with Gasteiger partial charge in [0, 0.05) is 5.56 Å². The Bertz CT molecular complexity index is 413. The number of carbonyl (C=O) groups is 1. The van der Waals surface area contributed by atoms with Gasteiger partial charge in [0.25, 0.3) is 0 Å². The van der Waals surface area contributed by atoms with Crippen molar-refractivity contribution >= 4 is 29.0 Å². The lowest BCUT2D eigenvalue weighted by atomic mass is 10.0. The first-order valence-electron chi connectivity index (χ1n) is 3.81. The summed E-state index contributed by atoms with van der Waals surface area (Å²) in [6.45, 7) is 1.01. The highest BCUT2D eigenvalue weighted by Gasteiger charge is 2.35. The molecule has 0 unspecified atom stereocenters. The zero-order valence-corrected chi connectivity index (χ0v) is 8.96. The second-order valence-corrected chi connectivity index (χ2v) is 3.62. The number of alkyl halides is 3. The lowest BCUT2D eigenvalue weighted by Gasteiger charge is -2.12. The van der Waals surface area contributed by atoms with Gasteiger partial charge >= 0.3 is 6.18 Å². The average Bonchev–Trinajstić information content (AvgIpc) is 2.06. The Morgan fingerprint density at radius 2 is 1.80 bits per heavy atom. The molecule has 0 aromatic heterocycles. The molecule has 6 heteroatoms. The summed E-state index contributed by atoms with van der Waals surface area (Å²) in [6.07, 6.45) is -4.62. The molecule has 1 nitrogen and oxygen atoms in total. The molecule has 0 saturated heterocycles. The van der Waals surface area contributed by atoms with Crippen molar-refractivity contribution in [1.29, 1.82) is 0 Å². The summed E-state index contributed by atoms with van der Waals surface area (Å²) in [6, 6.07) is 1.75. The van der Waals surface area contributed by atoms with Crippen LogP contribution >= 0.6 is 23.2 Å². The number of carbonyl (C=O) groups excluding carboxylic acids is 1. The van der Waals surface area contributed by atoms with Gasteiger partial charge in [0.1, 0.15) is 0 Å². The second-order valence-electron chi connectivity index (χ2n) is 2.84. The van der Waals surface area contributed by atoms with E-state index in [1.165, 1.54) is 0 Å². The summed E-state index contributed by atoms with van der Waals surface area (Å²) >= 11 is 11.1. The second kappa shape index (κ2) is 4.02. The summed E-state index contributed by atoms with van der Waals surface area (Å²) in [4.78, 5) is 11.0. The molecule has 0 atom stereocenters. The van der Waals surface area contributed by atoms with Gasteiger partial charge in [-0.3, -0.25) is 4.79 Å². The fourth-order valence-electron chi connectivity index (χ4n) is 1.13. The van der Waals surface area contributed by atoms with Crippen molar-refractivity contribution in [2.75, 3.05) is 0 Å². The normalized spacial score (nSPS) is 11.6. The van der Waals surface area contributed by atoms with E-state index < -0.39 is 23.1 Å². The van der Waals surface area contributed by atoms with Gasteiger partial charge in [0.05, 0.1) is 15.6 Å². The minimum absolute atomic E-state index is 0.0742. The van der Waals surface area contributed by atoms with Crippen molar-refractivity contribution < 1.29 is 18.0 Å². The van der Waals surface area contributed by atoms with Crippen molar-refractivity contribution in [3.63, 3.8) is 0 Å². The van der Waals surface area contributed by atoms with Crippen LogP contribution in [-0.4, -0.2) is 5.78 Å². The number of rotatable bonds is 1. The van der Waals surface area contributed by atoms with E-state index in [1.807, 2.05) is 0 Å². The van der Waals surface area contributed by atoms with Crippen LogP contribution in [0.5, 0.6) is 0 Å². The van der Waals surface area contributed by atoms with Crippen LogP contribution in [0.1, 0.15) is 22.8 Å². The Morgan fingerprint density at radius 3 is 2.20 bits per heavy atom. The Morgan fingerprint density at radius 1 is 1.27 bits per heavy atom. The number of Topliss-reactive ketones (excluding diaryl/α,β-unsaturated/α-hetero) is 1.